The summed E-state index contributed by atoms with van der Waals surface area (Å²) in [5.41, 5.74) is 2.66. The van der Waals surface area contributed by atoms with Gasteiger partial charge in [-0.15, -0.1) is 0 Å². The normalized spacial score (nSPS) is 25.6. The van der Waals surface area contributed by atoms with E-state index in [-0.39, 0.29) is 6.42 Å². The van der Waals surface area contributed by atoms with Gasteiger partial charge in [-0.3, -0.25) is 4.79 Å². The Morgan fingerprint density at radius 2 is 1.86 bits per heavy atom. The predicted octanol–water partition coefficient (Wildman–Crippen LogP) is 4.15. The maximum atomic E-state index is 12.9. The van der Waals surface area contributed by atoms with Crippen molar-refractivity contribution in [3.05, 3.63) is 29.6 Å². The molecule has 2 N–H and O–H groups in total. The smallest absolute Gasteiger partial charge is 0.344 e. The van der Waals surface area contributed by atoms with Gasteiger partial charge in [0, 0.05) is 12.3 Å². The summed E-state index contributed by atoms with van der Waals surface area (Å²) in [5, 5.41) is 2.08. The van der Waals surface area contributed by atoms with Crippen LogP contribution in [0, 0.1) is 23.7 Å². The Balaban J connectivity index is 1.29. The van der Waals surface area contributed by atoms with Crippen LogP contribution in [0.5, 0.6) is 0 Å². The minimum Gasteiger partial charge on any atom is -0.344 e. The first kappa shape index (κ1) is 18.0. The summed E-state index contributed by atoms with van der Waals surface area (Å²) in [5.74, 6) is 2.32. The Kier molecular flexibility index (Phi) is 4.18. The van der Waals surface area contributed by atoms with Crippen LogP contribution in [0.4, 0.5) is 13.2 Å². The number of hydrogen-bond acceptors (Lipinski definition) is 2. The number of carbonyl (C=O) groups excluding carboxylic acids is 1. The molecule has 0 radical (unpaired) electrons. The van der Waals surface area contributed by atoms with E-state index in [1.54, 1.807) is 0 Å². The highest BCUT2D eigenvalue weighted by molar-refractivity contribution is 5.82. The second-order valence-corrected chi connectivity index (χ2v) is 8.82. The third-order valence-electron chi connectivity index (χ3n) is 6.56. The minimum atomic E-state index is -4.38. The number of halogens is 3. The number of carbonyl (C=O) groups is 1. The number of aromatic nitrogens is 2. The minimum absolute atomic E-state index is 0.195. The van der Waals surface area contributed by atoms with E-state index in [1.165, 1.54) is 25.7 Å². The summed E-state index contributed by atoms with van der Waals surface area (Å²) in [4.78, 5) is 20.1. The van der Waals surface area contributed by atoms with E-state index in [0.717, 1.165) is 46.6 Å². The first-order valence-corrected chi connectivity index (χ1v) is 10.2. The van der Waals surface area contributed by atoms with Gasteiger partial charge < -0.3 is 10.3 Å². The van der Waals surface area contributed by atoms with Crippen molar-refractivity contribution in [1.82, 2.24) is 15.3 Å². The van der Waals surface area contributed by atoms with Crippen LogP contribution in [0.1, 0.15) is 43.5 Å². The third kappa shape index (κ3) is 3.63. The fourth-order valence-corrected chi connectivity index (χ4v) is 4.74. The fourth-order valence-electron chi connectivity index (χ4n) is 4.74. The lowest BCUT2D eigenvalue weighted by Crippen LogP contribution is -2.38. The number of benzene rings is 1. The molecule has 3 fully saturated rings. The predicted molar refractivity (Wildman–Crippen MR) is 98.5 cm³/mol. The molecule has 7 heteroatoms. The number of aromatic amines is 1. The molecule has 1 aromatic heterocycles. The van der Waals surface area contributed by atoms with Gasteiger partial charge >= 0.3 is 6.18 Å². The topological polar surface area (TPSA) is 57.8 Å². The zero-order valence-electron chi connectivity index (χ0n) is 15.6. The maximum absolute atomic E-state index is 12.9. The second-order valence-electron chi connectivity index (χ2n) is 8.82. The maximum Gasteiger partial charge on any atom is 0.408 e. The van der Waals surface area contributed by atoms with Crippen molar-refractivity contribution in [3.63, 3.8) is 0 Å². The molecular formula is C21H24F3N3O. The molecule has 1 aliphatic heterocycles. The van der Waals surface area contributed by atoms with Gasteiger partial charge in [0.15, 0.2) is 0 Å². The molecule has 150 valence electrons. The van der Waals surface area contributed by atoms with E-state index in [1.807, 2.05) is 18.2 Å². The summed E-state index contributed by atoms with van der Waals surface area (Å²) < 4.78 is 38.6. The number of hydrogen-bond donors (Lipinski definition) is 2. The Bertz CT molecular complexity index is 886. The standard InChI is InChI=1S/C21H24F3N3O/c22-21(23,24)18-9-14(20(28)27-18)7-11-1-6-16-17(8-11)26-19(25-16)10-15(12-2-3-12)13-4-5-13/h1,6,8,12-15,18H,2-5,7,9-10H2,(H,25,26)(H,27,28). The summed E-state index contributed by atoms with van der Waals surface area (Å²) in [6.45, 7) is 0. The number of alkyl halides is 3. The fraction of sp³-hybridized carbons (Fsp3) is 0.619. The number of H-pyrrole nitrogens is 1. The number of imidazole rings is 1. The molecule has 2 unspecified atom stereocenters. The van der Waals surface area contributed by atoms with Crippen LogP contribution in [-0.4, -0.2) is 28.1 Å². The van der Waals surface area contributed by atoms with Gasteiger partial charge in [-0.1, -0.05) is 6.07 Å². The first-order chi connectivity index (χ1) is 13.4. The molecule has 2 heterocycles. The molecule has 2 aliphatic carbocycles. The van der Waals surface area contributed by atoms with Crippen LogP contribution in [-0.2, 0) is 17.6 Å². The summed E-state index contributed by atoms with van der Waals surface area (Å²) in [7, 11) is 0. The Morgan fingerprint density at radius 3 is 2.46 bits per heavy atom. The van der Waals surface area contributed by atoms with Gasteiger partial charge in [0.25, 0.3) is 0 Å². The van der Waals surface area contributed by atoms with Gasteiger partial charge in [0.1, 0.15) is 11.9 Å². The molecule has 1 aromatic carbocycles. The molecule has 0 bridgehead atoms. The van der Waals surface area contributed by atoms with Crippen LogP contribution in [0.3, 0.4) is 0 Å². The number of fused-ring (bicyclic) bond motifs is 1. The Hall–Kier alpha value is -2.05. The lowest BCUT2D eigenvalue weighted by molar-refractivity contribution is -0.154. The highest BCUT2D eigenvalue weighted by Crippen LogP contribution is 2.50. The quantitative estimate of drug-likeness (QED) is 0.777. The molecule has 1 amide bonds. The molecule has 2 saturated carbocycles. The van der Waals surface area contributed by atoms with Gasteiger partial charge in [-0.2, -0.15) is 13.2 Å². The van der Waals surface area contributed by atoms with Crippen molar-refractivity contribution < 1.29 is 18.0 Å². The second kappa shape index (κ2) is 6.49. The summed E-state index contributed by atoms with van der Waals surface area (Å²) in [6, 6.07) is 3.99. The largest absolute Gasteiger partial charge is 0.408 e. The van der Waals surface area contributed by atoms with Crippen LogP contribution < -0.4 is 5.32 Å². The molecule has 3 aliphatic rings. The van der Waals surface area contributed by atoms with Crippen LogP contribution in [0.25, 0.3) is 11.0 Å². The molecule has 4 nitrogen and oxygen atoms in total. The van der Waals surface area contributed by atoms with E-state index < -0.39 is 24.0 Å². The lowest BCUT2D eigenvalue weighted by atomic mass is 9.94. The Morgan fingerprint density at radius 1 is 1.14 bits per heavy atom. The number of amides is 1. The van der Waals surface area contributed by atoms with Crippen molar-refractivity contribution >= 4 is 16.9 Å². The number of nitrogens with zero attached hydrogens (tertiary/aromatic N) is 1. The SMILES string of the molecule is O=C1NC(C(F)(F)F)CC1Cc1ccc2nc(CC(C3CC3)C3CC3)[nH]c2c1. The lowest BCUT2D eigenvalue weighted by Gasteiger charge is -2.13. The average molecular weight is 391 g/mol. The molecular weight excluding hydrogens is 367 g/mol. The number of rotatable bonds is 6. The van der Waals surface area contributed by atoms with Crippen LogP contribution in [0.2, 0.25) is 0 Å². The van der Waals surface area contributed by atoms with Gasteiger partial charge in [-0.25, -0.2) is 4.98 Å². The monoisotopic (exact) mass is 391 g/mol. The third-order valence-corrected chi connectivity index (χ3v) is 6.56. The first-order valence-electron chi connectivity index (χ1n) is 10.2. The summed E-state index contributed by atoms with van der Waals surface area (Å²) >= 11 is 0. The van der Waals surface area contributed by atoms with E-state index in [2.05, 4.69) is 10.3 Å². The van der Waals surface area contributed by atoms with E-state index >= 15 is 0 Å². The zero-order chi connectivity index (χ0) is 19.5. The van der Waals surface area contributed by atoms with Crippen LogP contribution >= 0.6 is 0 Å². The van der Waals surface area contributed by atoms with Crippen molar-refractivity contribution in [2.45, 2.75) is 57.2 Å². The average Bonchev–Trinajstić information content (AvgIpc) is 3.55. The highest BCUT2D eigenvalue weighted by atomic mass is 19.4. The van der Waals surface area contributed by atoms with E-state index in [0.29, 0.717) is 6.42 Å². The number of nitrogens with one attached hydrogen (secondary N) is 2. The molecule has 2 atom stereocenters. The zero-order valence-corrected chi connectivity index (χ0v) is 15.6. The molecule has 0 spiro atoms. The molecule has 5 rings (SSSR count). The van der Waals surface area contributed by atoms with Crippen molar-refractivity contribution in [3.8, 4) is 0 Å². The molecule has 28 heavy (non-hydrogen) atoms. The van der Waals surface area contributed by atoms with E-state index in [9.17, 15) is 18.0 Å². The van der Waals surface area contributed by atoms with Crippen LogP contribution in [0.15, 0.2) is 18.2 Å². The van der Waals surface area contributed by atoms with E-state index in [4.69, 9.17) is 4.98 Å². The molecule has 1 saturated heterocycles. The summed E-state index contributed by atoms with van der Waals surface area (Å²) in [6.07, 6.45) is 2.09. The highest BCUT2D eigenvalue weighted by Gasteiger charge is 2.47. The molecule has 2 aromatic rings. The van der Waals surface area contributed by atoms with Gasteiger partial charge in [-0.05, 0) is 74.0 Å². The van der Waals surface area contributed by atoms with Crippen molar-refractivity contribution in [2.24, 2.45) is 23.7 Å². The van der Waals surface area contributed by atoms with Crippen molar-refractivity contribution in [2.75, 3.05) is 0 Å². The van der Waals surface area contributed by atoms with Gasteiger partial charge in [0.05, 0.1) is 11.0 Å². The Labute approximate surface area is 161 Å². The van der Waals surface area contributed by atoms with Crippen molar-refractivity contribution in [1.29, 1.82) is 0 Å². The van der Waals surface area contributed by atoms with Gasteiger partial charge in [0.2, 0.25) is 5.91 Å².